The predicted octanol–water partition coefficient (Wildman–Crippen LogP) is 4.89. The van der Waals surface area contributed by atoms with E-state index in [1.54, 1.807) is 54.6 Å². The summed E-state index contributed by atoms with van der Waals surface area (Å²) in [5.41, 5.74) is 5.09. The average molecular weight is 484 g/mol. The van der Waals surface area contributed by atoms with Crippen molar-refractivity contribution in [3.05, 3.63) is 93.7 Å². The molecular formula is C23H19BrFN3O3. The fourth-order valence-electron chi connectivity index (χ4n) is 2.59. The maximum absolute atomic E-state index is 13.0. The van der Waals surface area contributed by atoms with Gasteiger partial charge in [-0.25, -0.2) is 9.82 Å². The molecule has 0 unspecified atom stereocenters. The molecule has 0 aliphatic carbocycles. The van der Waals surface area contributed by atoms with Gasteiger partial charge in [-0.1, -0.05) is 12.1 Å². The van der Waals surface area contributed by atoms with Crippen molar-refractivity contribution in [2.45, 2.75) is 13.5 Å². The summed E-state index contributed by atoms with van der Waals surface area (Å²) in [6.45, 7) is 1.72. The second kappa shape index (κ2) is 10.5. The molecule has 6 nitrogen and oxygen atoms in total. The first-order chi connectivity index (χ1) is 14.9. The predicted molar refractivity (Wildman–Crippen MR) is 121 cm³/mol. The zero-order chi connectivity index (χ0) is 22.2. The number of nitrogens with zero attached hydrogens (tertiary/aromatic N) is 1. The number of nitrogens with one attached hydrogen (secondary N) is 2. The minimum absolute atomic E-state index is 0.181. The number of hydrazone groups is 1. The van der Waals surface area contributed by atoms with Crippen molar-refractivity contribution in [3.8, 4) is 5.75 Å². The van der Waals surface area contributed by atoms with E-state index in [1.165, 1.54) is 25.3 Å². The summed E-state index contributed by atoms with van der Waals surface area (Å²) >= 11 is 3.45. The number of hydrogen-bond acceptors (Lipinski definition) is 4. The van der Waals surface area contributed by atoms with Crippen LogP contribution < -0.4 is 15.5 Å². The standard InChI is InChI=1S/C23H19BrFN3O3/c1-15(29)27-20-9-5-18(6-10-20)23(30)28-26-13-17-4-11-22(21(24)12-17)31-14-16-2-7-19(25)8-3-16/h2-13H,14H2,1H3,(H,27,29)(H,28,30)/b26-13-. The van der Waals surface area contributed by atoms with Crippen LogP contribution in [-0.2, 0) is 11.4 Å². The molecule has 0 aliphatic heterocycles. The van der Waals surface area contributed by atoms with E-state index < -0.39 is 0 Å². The van der Waals surface area contributed by atoms with Crippen molar-refractivity contribution in [1.82, 2.24) is 5.43 Å². The fraction of sp³-hybridized carbons (Fsp3) is 0.0870. The zero-order valence-corrected chi connectivity index (χ0v) is 18.1. The zero-order valence-electron chi connectivity index (χ0n) is 16.6. The van der Waals surface area contributed by atoms with Crippen LogP contribution in [0.4, 0.5) is 10.1 Å². The summed E-state index contributed by atoms with van der Waals surface area (Å²) in [4.78, 5) is 23.2. The number of benzene rings is 3. The number of anilines is 1. The third-order valence-electron chi connectivity index (χ3n) is 4.11. The third kappa shape index (κ3) is 6.75. The van der Waals surface area contributed by atoms with E-state index in [1.807, 2.05) is 0 Å². The molecular weight excluding hydrogens is 465 g/mol. The van der Waals surface area contributed by atoms with Crippen LogP contribution in [0, 0.1) is 5.82 Å². The van der Waals surface area contributed by atoms with Gasteiger partial charge in [-0.2, -0.15) is 5.10 Å². The Balaban J connectivity index is 1.54. The van der Waals surface area contributed by atoms with E-state index >= 15 is 0 Å². The molecule has 0 saturated heterocycles. The Morgan fingerprint density at radius 1 is 1.06 bits per heavy atom. The molecule has 31 heavy (non-hydrogen) atoms. The molecule has 0 heterocycles. The van der Waals surface area contributed by atoms with Gasteiger partial charge in [0.2, 0.25) is 5.91 Å². The molecule has 0 spiro atoms. The second-order valence-electron chi connectivity index (χ2n) is 6.56. The third-order valence-corrected chi connectivity index (χ3v) is 4.73. The Morgan fingerprint density at radius 3 is 2.42 bits per heavy atom. The van der Waals surface area contributed by atoms with Crippen LogP contribution in [0.25, 0.3) is 0 Å². The van der Waals surface area contributed by atoms with Gasteiger partial charge >= 0.3 is 0 Å². The molecule has 0 radical (unpaired) electrons. The van der Waals surface area contributed by atoms with Crippen LogP contribution in [0.15, 0.2) is 76.3 Å². The Hall–Kier alpha value is -3.52. The van der Waals surface area contributed by atoms with E-state index in [-0.39, 0.29) is 17.6 Å². The lowest BCUT2D eigenvalue weighted by atomic mass is 10.2. The maximum atomic E-state index is 13.0. The number of carbonyl (C=O) groups excluding carboxylic acids is 2. The molecule has 3 aromatic rings. The van der Waals surface area contributed by atoms with Gasteiger partial charge < -0.3 is 10.1 Å². The number of hydrogen-bond donors (Lipinski definition) is 2. The summed E-state index contributed by atoms with van der Waals surface area (Å²) in [5.74, 6) is -0.212. The molecule has 8 heteroatoms. The minimum atomic E-state index is -0.371. The maximum Gasteiger partial charge on any atom is 0.271 e. The molecule has 0 atom stereocenters. The second-order valence-corrected chi connectivity index (χ2v) is 7.42. The summed E-state index contributed by atoms with van der Waals surface area (Å²) in [5, 5.41) is 6.61. The first-order valence-corrected chi connectivity index (χ1v) is 10.1. The molecule has 0 aliphatic rings. The van der Waals surface area contributed by atoms with Crippen LogP contribution in [0.1, 0.15) is 28.4 Å². The van der Waals surface area contributed by atoms with Crippen molar-refractivity contribution >= 4 is 39.6 Å². The lowest BCUT2D eigenvalue weighted by Gasteiger charge is -2.09. The van der Waals surface area contributed by atoms with Crippen molar-refractivity contribution in [2.75, 3.05) is 5.32 Å². The van der Waals surface area contributed by atoms with Gasteiger partial charge in [0.15, 0.2) is 0 Å². The van der Waals surface area contributed by atoms with Crippen molar-refractivity contribution in [2.24, 2.45) is 5.10 Å². The summed E-state index contributed by atoms with van der Waals surface area (Å²) in [6, 6.07) is 18.0. The van der Waals surface area contributed by atoms with Crippen molar-refractivity contribution < 1.29 is 18.7 Å². The van der Waals surface area contributed by atoms with Crippen LogP contribution >= 0.6 is 15.9 Å². The molecule has 158 valence electrons. The smallest absolute Gasteiger partial charge is 0.271 e. The molecule has 2 amide bonds. The molecule has 0 saturated carbocycles. The minimum Gasteiger partial charge on any atom is -0.488 e. The summed E-state index contributed by atoms with van der Waals surface area (Å²) in [6.07, 6.45) is 1.51. The van der Waals surface area contributed by atoms with Gasteiger partial charge in [-0.3, -0.25) is 9.59 Å². The topological polar surface area (TPSA) is 79.8 Å². The highest BCUT2D eigenvalue weighted by molar-refractivity contribution is 9.10. The van der Waals surface area contributed by atoms with Gasteiger partial charge in [0.05, 0.1) is 10.7 Å². The van der Waals surface area contributed by atoms with Crippen LogP contribution in [0.5, 0.6) is 5.75 Å². The normalized spacial score (nSPS) is 10.7. The van der Waals surface area contributed by atoms with E-state index in [4.69, 9.17) is 4.74 Å². The first kappa shape index (κ1) is 22.2. The van der Waals surface area contributed by atoms with Gasteiger partial charge in [0.25, 0.3) is 5.91 Å². The Morgan fingerprint density at radius 2 is 1.77 bits per heavy atom. The van der Waals surface area contributed by atoms with E-state index in [0.29, 0.717) is 23.6 Å². The number of rotatable bonds is 7. The quantitative estimate of drug-likeness (QED) is 0.370. The highest BCUT2D eigenvalue weighted by Crippen LogP contribution is 2.26. The number of carbonyl (C=O) groups is 2. The molecule has 0 bridgehead atoms. The lowest BCUT2D eigenvalue weighted by molar-refractivity contribution is -0.114. The van der Waals surface area contributed by atoms with Crippen molar-refractivity contribution in [1.29, 1.82) is 0 Å². The van der Waals surface area contributed by atoms with Gasteiger partial charge in [0, 0.05) is 18.2 Å². The molecule has 3 rings (SSSR count). The van der Waals surface area contributed by atoms with Crippen LogP contribution in [0.3, 0.4) is 0 Å². The highest BCUT2D eigenvalue weighted by Gasteiger charge is 2.06. The fourth-order valence-corrected chi connectivity index (χ4v) is 3.11. The summed E-state index contributed by atoms with van der Waals surface area (Å²) in [7, 11) is 0. The number of ether oxygens (including phenoxy) is 1. The molecule has 0 fully saturated rings. The first-order valence-electron chi connectivity index (χ1n) is 9.28. The SMILES string of the molecule is CC(=O)Nc1ccc(C(=O)N/N=C\c2ccc(OCc3ccc(F)cc3)c(Br)c2)cc1. The molecule has 0 aromatic heterocycles. The number of amides is 2. The molecule has 2 N–H and O–H groups in total. The Labute approximate surface area is 187 Å². The van der Waals surface area contributed by atoms with Gasteiger partial charge in [-0.15, -0.1) is 0 Å². The largest absolute Gasteiger partial charge is 0.488 e. The highest BCUT2D eigenvalue weighted by atomic mass is 79.9. The van der Waals surface area contributed by atoms with E-state index in [9.17, 15) is 14.0 Å². The Bertz CT molecular complexity index is 1100. The van der Waals surface area contributed by atoms with Gasteiger partial charge in [-0.05, 0) is 81.7 Å². The van der Waals surface area contributed by atoms with E-state index in [0.717, 1.165) is 15.6 Å². The summed E-state index contributed by atoms with van der Waals surface area (Å²) < 4.78 is 19.4. The van der Waals surface area contributed by atoms with Crippen molar-refractivity contribution in [3.63, 3.8) is 0 Å². The van der Waals surface area contributed by atoms with Crippen LogP contribution in [0.2, 0.25) is 0 Å². The number of halogens is 2. The van der Waals surface area contributed by atoms with E-state index in [2.05, 4.69) is 31.8 Å². The monoisotopic (exact) mass is 483 g/mol. The average Bonchev–Trinajstić information content (AvgIpc) is 2.74. The Kier molecular flexibility index (Phi) is 7.50. The van der Waals surface area contributed by atoms with Crippen LogP contribution in [-0.4, -0.2) is 18.0 Å². The molecule has 3 aromatic carbocycles. The van der Waals surface area contributed by atoms with Gasteiger partial charge in [0.1, 0.15) is 18.2 Å². The lowest BCUT2D eigenvalue weighted by Crippen LogP contribution is -2.17.